The highest BCUT2D eigenvalue weighted by atomic mass is 16.5. The van der Waals surface area contributed by atoms with E-state index in [1.54, 1.807) is 31.1 Å². The van der Waals surface area contributed by atoms with Gasteiger partial charge in [0, 0.05) is 37.8 Å². The molecule has 0 saturated heterocycles. The number of hydrogen-bond acceptors (Lipinski definition) is 7. The molecule has 0 atom stereocenters. The van der Waals surface area contributed by atoms with E-state index >= 15 is 0 Å². The van der Waals surface area contributed by atoms with Crippen LogP contribution in [0.4, 0.5) is 11.6 Å². The Bertz CT molecular complexity index is 923. The smallest absolute Gasteiger partial charge is 0.253 e. The molecule has 0 fully saturated rings. The first-order chi connectivity index (χ1) is 12.7. The maximum atomic E-state index is 12.3. The van der Waals surface area contributed by atoms with Crippen molar-refractivity contribution < 1.29 is 4.74 Å². The maximum absolute atomic E-state index is 12.3. The number of methoxy groups -OCH3 is 1. The van der Waals surface area contributed by atoms with Crippen LogP contribution in [0.1, 0.15) is 0 Å². The number of nitrogens with one attached hydrogen (secondary N) is 2. The second kappa shape index (κ2) is 8.11. The van der Waals surface area contributed by atoms with Crippen molar-refractivity contribution in [1.82, 2.24) is 19.5 Å². The Morgan fingerprint density at radius 1 is 1.08 bits per heavy atom. The zero-order valence-electron chi connectivity index (χ0n) is 14.6. The van der Waals surface area contributed by atoms with Crippen molar-refractivity contribution in [2.45, 2.75) is 6.54 Å². The van der Waals surface area contributed by atoms with Gasteiger partial charge >= 0.3 is 0 Å². The molecule has 0 unspecified atom stereocenters. The third-order valence-corrected chi connectivity index (χ3v) is 3.85. The van der Waals surface area contributed by atoms with Gasteiger partial charge < -0.3 is 15.4 Å². The molecular weight excluding hydrogens is 332 g/mol. The fraction of sp³-hybridized carbons (Fsp3) is 0.222. The molecular formula is C18H20N6O2. The zero-order chi connectivity index (χ0) is 18.4. The monoisotopic (exact) mass is 352 g/mol. The standard InChI is InChI=1S/C18H20N6O2/c1-19-16-10-17(22-11-21-16)20-7-8-24-12-23-15(9-18(24)25)13-3-5-14(26-2)6-4-13/h3-6,9-12H,7-8H2,1-2H3,(H2,19,20,21,22). The Morgan fingerprint density at radius 2 is 1.85 bits per heavy atom. The third kappa shape index (κ3) is 4.15. The summed E-state index contributed by atoms with van der Waals surface area (Å²) in [6.45, 7) is 1.03. The molecule has 2 aromatic heterocycles. The van der Waals surface area contributed by atoms with Gasteiger partial charge in [-0.15, -0.1) is 0 Å². The molecule has 8 heteroatoms. The quantitative estimate of drug-likeness (QED) is 0.670. The summed E-state index contributed by atoms with van der Waals surface area (Å²) in [6.07, 6.45) is 3.04. The molecule has 0 amide bonds. The molecule has 0 aliphatic carbocycles. The van der Waals surface area contributed by atoms with Crippen LogP contribution in [0.5, 0.6) is 5.75 Å². The molecule has 3 aromatic rings. The second-order valence-electron chi connectivity index (χ2n) is 5.50. The van der Waals surface area contributed by atoms with E-state index in [9.17, 15) is 4.79 Å². The molecule has 134 valence electrons. The van der Waals surface area contributed by atoms with Crippen molar-refractivity contribution >= 4 is 11.6 Å². The number of ether oxygens (including phenoxy) is 1. The fourth-order valence-corrected chi connectivity index (χ4v) is 2.41. The van der Waals surface area contributed by atoms with E-state index in [-0.39, 0.29) is 5.56 Å². The summed E-state index contributed by atoms with van der Waals surface area (Å²) in [6, 6.07) is 10.8. The summed E-state index contributed by atoms with van der Waals surface area (Å²) in [4.78, 5) is 24.9. The Balaban J connectivity index is 1.64. The van der Waals surface area contributed by atoms with Crippen LogP contribution >= 0.6 is 0 Å². The minimum atomic E-state index is -0.105. The van der Waals surface area contributed by atoms with Gasteiger partial charge in [-0.3, -0.25) is 9.36 Å². The predicted octanol–water partition coefficient (Wildman–Crippen LogP) is 1.86. The van der Waals surface area contributed by atoms with Crippen LogP contribution in [0, 0.1) is 0 Å². The minimum Gasteiger partial charge on any atom is -0.497 e. The first-order valence-corrected chi connectivity index (χ1v) is 8.14. The highest BCUT2D eigenvalue weighted by molar-refractivity contribution is 5.59. The average Bonchev–Trinajstić information content (AvgIpc) is 2.69. The number of aromatic nitrogens is 4. The SMILES string of the molecule is CNc1cc(NCCn2cnc(-c3ccc(OC)cc3)cc2=O)ncn1. The molecule has 3 rings (SSSR count). The number of hydrogen-bond donors (Lipinski definition) is 2. The van der Waals surface area contributed by atoms with Crippen LogP contribution in [0.3, 0.4) is 0 Å². The van der Waals surface area contributed by atoms with E-state index in [2.05, 4.69) is 25.6 Å². The summed E-state index contributed by atoms with van der Waals surface area (Å²) < 4.78 is 6.69. The average molecular weight is 352 g/mol. The number of rotatable bonds is 7. The summed E-state index contributed by atoms with van der Waals surface area (Å²) in [5, 5.41) is 6.11. The second-order valence-corrected chi connectivity index (χ2v) is 5.50. The predicted molar refractivity (Wildman–Crippen MR) is 101 cm³/mol. The summed E-state index contributed by atoms with van der Waals surface area (Å²) >= 11 is 0. The normalized spacial score (nSPS) is 10.4. The summed E-state index contributed by atoms with van der Waals surface area (Å²) in [5.74, 6) is 2.18. The maximum Gasteiger partial charge on any atom is 0.253 e. The Morgan fingerprint density at radius 3 is 2.54 bits per heavy atom. The lowest BCUT2D eigenvalue weighted by atomic mass is 10.1. The van der Waals surface area contributed by atoms with Crippen molar-refractivity contribution in [3.05, 3.63) is 59.4 Å². The largest absolute Gasteiger partial charge is 0.497 e. The minimum absolute atomic E-state index is 0.105. The van der Waals surface area contributed by atoms with E-state index in [1.807, 2.05) is 24.3 Å². The first-order valence-electron chi connectivity index (χ1n) is 8.14. The van der Waals surface area contributed by atoms with Gasteiger partial charge in [0.05, 0.1) is 19.1 Å². The summed E-state index contributed by atoms with van der Waals surface area (Å²) in [7, 11) is 3.41. The van der Waals surface area contributed by atoms with Gasteiger partial charge in [-0.1, -0.05) is 0 Å². The third-order valence-electron chi connectivity index (χ3n) is 3.85. The first kappa shape index (κ1) is 17.4. The lowest BCUT2D eigenvalue weighted by molar-refractivity contribution is 0.415. The Hall–Kier alpha value is -3.42. The molecule has 8 nitrogen and oxygen atoms in total. The van der Waals surface area contributed by atoms with Gasteiger partial charge in [-0.05, 0) is 24.3 Å². The van der Waals surface area contributed by atoms with E-state index in [1.165, 1.54) is 12.4 Å². The van der Waals surface area contributed by atoms with Gasteiger partial charge in [0.25, 0.3) is 5.56 Å². The van der Waals surface area contributed by atoms with E-state index < -0.39 is 0 Å². The molecule has 0 spiro atoms. The van der Waals surface area contributed by atoms with Crippen LogP contribution in [0.15, 0.2) is 53.8 Å². The van der Waals surface area contributed by atoms with Gasteiger partial charge in [0.1, 0.15) is 23.7 Å². The highest BCUT2D eigenvalue weighted by Crippen LogP contribution is 2.19. The van der Waals surface area contributed by atoms with Crippen molar-refractivity contribution in [2.75, 3.05) is 31.3 Å². The van der Waals surface area contributed by atoms with Crippen LogP contribution in [0.25, 0.3) is 11.3 Å². The van der Waals surface area contributed by atoms with Gasteiger partial charge in [-0.25, -0.2) is 15.0 Å². The molecule has 2 heterocycles. The molecule has 0 radical (unpaired) electrons. The fourth-order valence-electron chi connectivity index (χ4n) is 2.41. The van der Waals surface area contributed by atoms with Crippen LogP contribution < -0.4 is 20.9 Å². The Labute approximate surface area is 150 Å². The van der Waals surface area contributed by atoms with Gasteiger partial charge in [-0.2, -0.15) is 0 Å². The van der Waals surface area contributed by atoms with Crippen LogP contribution in [0.2, 0.25) is 0 Å². The molecule has 26 heavy (non-hydrogen) atoms. The molecule has 0 bridgehead atoms. The number of anilines is 2. The van der Waals surface area contributed by atoms with Crippen molar-refractivity contribution in [2.24, 2.45) is 0 Å². The number of benzene rings is 1. The molecule has 0 aliphatic heterocycles. The van der Waals surface area contributed by atoms with Crippen molar-refractivity contribution in [3.63, 3.8) is 0 Å². The zero-order valence-corrected chi connectivity index (χ0v) is 14.6. The van der Waals surface area contributed by atoms with E-state index in [0.717, 1.165) is 17.1 Å². The van der Waals surface area contributed by atoms with Gasteiger partial charge in [0.2, 0.25) is 0 Å². The highest BCUT2D eigenvalue weighted by Gasteiger charge is 2.04. The van der Waals surface area contributed by atoms with Crippen LogP contribution in [-0.4, -0.2) is 40.2 Å². The van der Waals surface area contributed by atoms with E-state index in [4.69, 9.17) is 4.74 Å². The molecule has 1 aromatic carbocycles. The molecule has 0 aliphatic rings. The molecule has 0 saturated carbocycles. The molecule has 2 N–H and O–H groups in total. The summed E-state index contributed by atoms with van der Waals surface area (Å²) in [5.41, 5.74) is 1.40. The van der Waals surface area contributed by atoms with Crippen molar-refractivity contribution in [3.8, 4) is 17.0 Å². The van der Waals surface area contributed by atoms with Crippen LogP contribution in [-0.2, 0) is 6.54 Å². The Kier molecular flexibility index (Phi) is 5.43. The number of nitrogens with zero attached hydrogens (tertiary/aromatic N) is 4. The lowest BCUT2D eigenvalue weighted by Gasteiger charge is -2.09. The van der Waals surface area contributed by atoms with E-state index in [0.29, 0.717) is 24.6 Å². The van der Waals surface area contributed by atoms with Gasteiger partial charge in [0.15, 0.2) is 0 Å². The van der Waals surface area contributed by atoms with Crippen molar-refractivity contribution in [1.29, 1.82) is 0 Å². The topological polar surface area (TPSA) is 94.0 Å². The lowest BCUT2D eigenvalue weighted by Crippen LogP contribution is -2.23.